The van der Waals surface area contributed by atoms with Crippen LogP contribution < -0.4 is 10.6 Å². The molecule has 6 heteroatoms. The third kappa shape index (κ3) is 2.23. The first-order valence-corrected chi connectivity index (χ1v) is 5.82. The second-order valence-corrected chi connectivity index (χ2v) is 4.29. The van der Waals surface area contributed by atoms with E-state index >= 15 is 0 Å². The summed E-state index contributed by atoms with van der Waals surface area (Å²) in [5.41, 5.74) is 5.31. The molecule has 1 aliphatic carbocycles. The number of nitrogens with two attached hydrogens (primary N) is 1. The molecule has 4 nitrogen and oxygen atoms in total. The number of hydrogen-bond acceptors (Lipinski definition) is 3. The molecule has 0 aromatic heterocycles. The van der Waals surface area contributed by atoms with Gasteiger partial charge in [0.25, 0.3) is 0 Å². The van der Waals surface area contributed by atoms with Crippen molar-refractivity contribution in [1.29, 1.82) is 0 Å². The number of halogens is 2. The highest BCUT2D eigenvalue weighted by atomic mass is 19.1. The van der Waals surface area contributed by atoms with Gasteiger partial charge in [-0.3, -0.25) is 0 Å². The minimum absolute atomic E-state index is 0.0306. The maximum atomic E-state index is 14.0. The third-order valence-corrected chi connectivity index (χ3v) is 3.04. The number of anilines is 1. The van der Waals surface area contributed by atoms with E-state index in [1.807, 2.05) is 6.92 Å². The lowest BCUT2D eigenvalue weighted by atomic mass is 10.1. The van der Waals surface area contributed by atoms with E-state index in [-0.39, 0.29) is 23.1 Å². The SMILES string of the molecule is CCN(c1c(F)cc(C(N)=NO)cc1F)C1CC1. The summed E-state index contributed by atoms with van der Waals surface area (Å²) in [6.45, 7) is 2.40. The predicted octanol–water partition coefficient (Wildman–Crippen LogP) is 2.05. The van der Waals surface area contributed by atoms with Gasteiger partial charge in [0, 0.05) is 18.2 Å². The molecule has 0 saturated heterocycles. The van der Waals surface area contributed by atoms with Crippen molar-refractivity contribution in [2.45, 2.75) is 25.8 Å². The standard InChI is InChI=1S/C12H15F2N3O/c1-2-17(8-3-4-8)11-9(13)5-7(6-10(11)14)12(15)16-18/h5-6,8,18H,2-4H2,1H3,(H2,15,16). The van der Waals surface area contributed by atoms with E-state index < -0.39 is 11.6 Å². The summed E-state index contributed by atoms with van der Waals surface area (Å²) in [4.78, 5) is 1.71. The van der Waals surface area contributed by atoms with Crippen molar-refractivity contribution in [3.63, 3.8) is 0 Å². The van der Waals surface area contributed by atoms with Crippen LogP contribution in [0.15, 0.2) is 17.3 Å². The van der Waals surface area contributed by atoms with Crippen LogP contribution in [0.5, 0.6) is 0 Å². The Hall–Kier alpha value is -1.85. The van der Waals surface area contributed by atoms with Gasteiger partial charge < -0.3 is 15.8 Å². The molecule has 18 heavy (non-hydrogen) atoms. The van der Waals surface area contributed by atoms with E-state index in [2.05, 4.69) is 5.16 Å². The van der Waals surface area contributed by atoms with Crippen LogP contribution in [0.4, 0.5) is 14.5 Å². The van der Waals surface area contributed by atoms with Crippen molar-refractivity contribution in [2.75, 3.05) is 11.4 Å². The van der Waals surface area contributed by atoms with Crippen molar-refractivity contribution in [3.05, 3.63) is 29.3 Å². The zero-order chi connectivity index (χ0) is 13.3. The first-order chi connectivity index (χ1) is 8.58. The van der Waals surface area contributed by atoms with Gasteiger partial charge in [0.1, 0.15) is 17.3 Å². The number of hydrogen-bond donors (Lipinski definition) is 2. The normalized spacial score (nSPS) is 15.8. The fourth-order valence-corrected chi connectivity index (χ4v) is 2.03. The zero-order valence-corrected chi connectivity index (χ0v) is 10.0. The molecule has 0 spiro atoms. The summed E-state index contributed by atoms with van der Waals surface area (Å²) >= 11 is 0. The smallest absolute Gasteiger partial charge is 0.170 e. The molecular weight excluding hydrogens is 240 g/mol. The molecule has 0 bridgehead atoms. The topological polar surface area (TPSA) is 61.8 Å². The second-order valence-electron chi connectivity index (χ2n) is 4.29. The van der Waals surface area contributed by atoms with Gasteiger partial charge in [-0.05, 0) is 31.9 Å². The lowest BCUT2D eigenvalue weighted by Crippen LogP contribution is -2.27. The van der Waals surface area contributed by atoms with Crippen LogP contribution in [0.1, 0.15) is 25.3 Å². The summed E-state index contributed by atoms with van der Waals surface area (Å²) in [5, 5.41) is 11.2. The van der Waals surface area contributed by atoms with Crippen LogP contribution in [0.25, 0.3) is 0 Å². The minimum atomic E-state index is -0.689. The Kier molecular flexibility index (Phi) is 3.36. The maximum Gasteiger partial charge on any atom is 0.170 e. The highest BCUT2D eigenvalue weighted by Crippen LogP contribution is 2.34. The van der Waals surface area contributed by atoms with E-state index in [0.29, 0.717) is 6.54 Å². The Morgan fingerprint density at radius 2 is 2.00 bits per heavy atom. The molecule has 3 N–H and O–H groups in total. The molecule has 1 saturated carbocycles. The molecule has 0 unspecified atom stereocenters. The molecule has 1 aliphatic rings. The number of nitrogens with zero attached hydrogens (tertiary/aromatic N) is 2. The first kappa shape index (κ1) is 12.6. The second kappa shape index (κ2) is 4.80. The van der Waals surface area contributed by atoms with Crippen molar-refractivity contribution in [3.8, 4) is 0 Å². The van der Waals surface area contributed by atoms with Gasteiger partial charge in [-0.2, -0.15) is 0 Å². The summed E-state index contributed by atoms with van der Waals surface area (Å²) in [5.74, 6) is -1.69. The van der Waals surface area contributed by atoms with Gasteiger partial charge in [0.15, 0.2) is 5.84 Å². The molecule has 98 valence electrons. The molecule has 0 atom stereocenters. The summed E-state index contributed by atoms with van der Waals surface area (Å²) in [6.07, 6.45) is 1.91. The summed E-state index contributed by atoms with van der Waals surface area (Å²) in [6, 6.07) is 2.38. The Bertz CT molecular complexity index is 463. The van der Waals surface area contributed by atoms with E-state index in [4.69, 9.17) is 10.9 Å². The van der Waals surface area contributed by atoms with E-state index in [9.17, 15) is 8.78 Å². The van der Waals surface area contributed by atoms with E-state index in [1.165, 1.54) is 0 Å². The Balaban J connectivity index is 2.43. The summed E-state index contributed by atoms with van der Waals surface area (Å²) in [7, 11) is 0. The minimum Gasteiger partial charge on any atom is -0.409 e. The molecule has 0 amide bonds. The fraction of sp³-hybridized carbons (Fsp3) is 0.417. The van der Waals surface area contributed by atoms with Crippen LogP contribution in [0.3, 0.4) is 0 Å². The van der Waals surface area contributed by atoms with Crippen molar-refractivity contribution in [2.24, 2.45) is 10.9 Å². The number of amidine groups is 1. The van der Waals surface area contributed by atoms with Gasteiger partial charge in [-0.15, -0.1) is 0 Å². The van der Waals surface area contributed by atoms with Gasteiger partial charge in [0.05, 0.1) is 0 Å². The van der Waals surface area contributed by atoms with Crippen LogP contribution in [-0.4, -0.2) is 23.6 Å². The van der Waals surface area contributed by atoms with Crippen molar-refractivity contribution in [1.82, 2.24) is 0 Å². The molecule has 2 rings (SSSR count). The monoisotopic (exact) mass is 255 g/mol. The summed E-state index contributed by atoms with van der Waals surface area (Å²) < 4.78 is 27.9. The van der Waals surface area contributed by atoms with Gasteiger partial charge in [-0.25, -0.2) is 8.78 Å². The van der Waals surface area contributed by atoms with E-state index in [1.54, 1.807) is 4.90 Å². The molecule has 1 aromatic carbocycles. The molecule has 1 fully saturated rings. The Labute approximate surface area is 104 Å². The van der Waals surface area contributed by atoms with E-state index in [0.717, 1.165) is 25.0 Å². The van der Waals surface area contributed by atoms with Gasteiger partial charge >= 0.3 is 0 Å². The molecule has 1 aromatic rings. The van der Waals surface area contributed by atoms with Gasteiger partial charge in [-0.1, -0.05) is 5.16 Å². The molecule has 0 heterocycles. The quantitative estimate of drug-likeness (QED) is 0.374. The van der Waals surface area contributed by atoms with Gasteiger partial charge in [0.2, 0.25) is 0 Å². The van der Waals surface area contributed by atoms with Crippen molar-refractivity contribution >= 4 is 11.5 Å². The molecular formula is C12H15F2N3O. The predicted molar refractivity (Wildman–Crippen MR) is 64.9 cm³/mol. The average molecular weight is 255 g/mol. The fourth-order valence-electron chi connectivity index (χ4n) is 2.03. The van der Waals surface area contributed by atoms with Crippen LogP contribution >= 0.6 is 0 Å². The largest absolute Gasteiger partial charge is 0.409 e. The molecule has 0 aliphatic heterocycles. The molecule has 0 radical (unpaired) electrons. The van der Waals surface area contributed by atoms with Crippen LogP contribution in [0, 0.1) is 11.6 Å². The highest BCUT2D eigenvalue weighted by Gasteiger charge is 2.31. The average Bonchev–Trinajstić information content (AvgIpc) is 3.16. The Morgan fingerprint density at radius 1 is 1.44 bits per heavy atom. The zero-order valence-electron chi connectivity index (χ0n) is 10.0. The van der Waals surface area contributed by atoms with Crippen LogP contribution in [0.2, 0.25) is 0 Å². The number of rotatable bonds is 4. The van der Waals surface area contributed by atoms with Crippen LogP contribution in [-0.2, 0) is 0 Å². The number of benzene rings is 1. The maximum absolute atomic E-state index is 14.0. The lowest BCUT2D eigenvalue weighted by molar-refractivity contribution is 0.318. The Morgan fingerprint density at radius 3 is 2.39 bits per heavy atom. The third-order valence-electron chi connectivity index (χ3n) is 3.04. The lowest BCUT2D eigenvalue weighted by Gasteiger charge is -2.24. The number of oxime groups is 1. The van der Waals surface area contributed by atoms with Crippen molar-refractivity contribution < 1.29 is 14.0 Å². The highest BCUT2D eigenvalue weighted by molar-refractivity contribution is 5.97. The first-order valence-electron chi connectivity index (χ1n) is 5.82.